The highest BCUT2D eigenvalue weighted by molar-refractivity contribution is 5.09. The van der Waals surface area contributed by atoms with Gasteiger partial charge in [0.1, 0.15) is 5.54 Å². The minimum absolute atomic E-state index is 0.216. The second-order valence-electron chi connectivity index (χ2n) is 5.32. The fourth-order valence-corrected chi connectivity index (χ4v) is 2.90. The van der Waals surface area contributed by atoms with Gasteiger partial charge in [-0.2, -0.15) is 5.26 Å². The van der Waals surface area contributed by atoms with Gasteiger partial charge in [0.2, 0.25) is 0 Å². The summed E-state index contributed by atoms with van der Waals surface area (Å²) in [5.41, 5.74) is -0.216. The van der Waals surface area contributed by atoms with Crippen LogP contribution in [0.5, 0.6) is 0 Å². The van der Waals surface area contributed by atoms with Crippen molar-refractivity contribution in [3.63, 3.8) is 0 Å². The Morgan fingerprint density at radius 1 is 1.53 bits per heavy atom. The van der Waals surface area contributed by atoms with E-state index in [1.165, 1.54) is 19.3 Å². The Kier molecular flexibility index (Phi) is 4.60. The van der Waals surface area contributed by atoms with Crippen LogP contribution in [0.2, 0.25) is 0 Å². The molecule has 2 unspecified atom stereocenters. The number of nitrogens with zero attached hydrogens (tertiary/aromatic N) is 1. The Morgan fingerprint density at radius 2 is 2.27 bits per heavy atom. The van der Waals surface area contributed by atoms with Crippen molar-refractivity contribution in [2.45, 2.75) is 58.4 Å². The standard InChI is InChI=1S/C13H24N2/c1-4-15-13(10-14)7-5-6-12(9-13)8-11(2)3/h11-12,15H,4-9H2,1-3H3. The van der Waals surface area contributed by atoms with E-state index in [1.54, 1.807) is 0 Å². The zero-order chi connectivity index (χ0) is 11.3. The Morgan fingerprint density at radius 3 is 2.80 bits per heavy atom. The maximum Gasteiger partial charge on any atom is 0.107 e. The number of nitriles is 1. The summed E-state index contributed by atoms with van der Waals surface area (Å²) < 4.78 is 0. The van der Waals surface area contributed by atoms with Crippen molar-refractivity contribution in [3.05, 3.63) is 0 Å². The molecular formula is C13H24N2. The van der Waals surface area contributed by atoms with Gasteiger partial charge >= 0.3 is 0 Å². The minimum Gasteiger partial charge on any atom is -0.300 e. The predicted molar refractivity (Wildman–Crippen MR) is 63.4 cm³/mol. The molecule has 0 aromatic rings. The van der Waals surface area contributed by atoms with Crippen molar-refractivity contribution >= 4 is 0 Å². The molecule has 0 radical (unpaired) electrons. The van der Waals surface area contributed by atoms with Crippen molar-refractivity contribution in [2.75, 3.05) is 6.54 Å². The van der Waals surface area contributed by atoms with Crippen molar-refractivity contribution in [3.8, 4) is 6.07 Å². The lowest BCUT2D eigenvalue weighted by Gasteiger charge is -2.37. The highest BCUT2D eigenvalue weighted by atomic mass is 15.0. The van der Waals surface area contributed by atoms with Gasteiger partial charge in [-0.3, -0.25) is 5.32 Å². The Balaban J connectivity index is 2.57. The largest absolute Gasteiger partial charge is 0.300 e. The molecule has 0 heterocycles. The molecule has 1 aliphatic rings. The highest BCUT2D eigenvalue weighted by Gasteiger charge is 2.35. The zero-order valence-corrected chi connectivity index (χ0v) is 10.3. The molecule has 0 aromatic heterocycles. The summed E-state index contributed by atoms with van der Waals surface area (Å²) in [5, 5.41) is 12.7. The van der Waals surface area contributed by atoms with E-state index in [0.717, 1.165) is 31.2 Å². The molecule has 0 aliphatic heterocycles. The molecule has 0 amide bonds. The maximum atomic E-state index is 9.31. The molecule has 0 saturated heterocycles. The van der Waals surface area contributed by atoms with Crippen LogP contribution in [0.15, 0.2) is 0 Å². The van der Waals surface area contributed by atoms with E-state index in [-0.39, 0.29) is 5.54 Å². The fraction of sp³-hybridized carbons (Fsp3) is 0.923. The third kappa shape index (κ3) is 3.50. The van der Waals surface area contributed by atoms with E-state index < -0.39 is 0 Å². The lowest BCUT2D eigenvalue weighted by atomic mass is 9.74. The van der Waals surface area contributed by atoms with Crippen LogP contribution in [0.4, 0.5) is 0 Å². The van der Waals surface area contributed by atoms with Crippen LogP contribution in [0.1, 0.15) is 52.9 Å². The molecule has 15 heavy (non-hydrogen) atoms. The number of hydrogen-bond acceptors (Lipinski definition) is 2. The maximum absolute atomic E-state index is 9.31. The molecule has 1 aliphatic carbocycles. The monoisotopic (exact) mass is 208 g/mol. The van der Waals surface area contributed by atoms with Gasteiger partial charge in [-0.1, -0.05) is 33.6 Å². The normalized spacial score (nSPS) is 31.5. The van der Waals surface area contributed by atoms with Crippen molar-refractivity contribution in [1.82, 2.24) is 5.32 Å². The quantitative estimate of drug-likeness (QED) is 0.770. The first kappa shape index (κ1) is 12.5. The van der Waals surface area contributed by atoms with Crippen LogP contribution in [0.3, 0.4) is 0 Å². The summed E-state index contributed by atoms with van der Waals surface area (Å²) in [6, 6.07) is 2.51. The van der Waals surface area contributed by atoms with Gasteiger partial charge < -0.3 is 0 Å². The van der Waals surface area contributed by atoms with Crippen molar-refractivity contribution < 1.29 is 0 Å². The van der Waals surface area contributed by atoms with Crippen LogP contribution < -0.4 is 5.32 Å². The average molecular weight is 208 g/mol. The van der Waals surface area contributed by atoms with Crippen LogP contribution in [0.25, 0.3) is 0 Å². The summed E-state index contributed by atoms with van der Waals surface area (Å²) in [5.74, 6) is 1.50. The first-order valence-corrected chi connectivity index (χ1v) is 6.28. The molecule has 0 bridgehead atoms. The van der Waals surface area contributed by atoms with E-state index in [0.29, 0.717) is 0 Å². The van der Waals surface area contributed by atoms with E-state index in [1.807, 2.05) is 0 Å². The molecular weight excluding hydrogens is 184 g/mol. The highest BCUT2D eigenvalue weighted by Crippen LogP contribution is 2.35. The summed E-state index contributed by atoms with van der Waals surface area (Å²) in [6.45, 7) is 7.54. The van der Waals surface area contributed by atoms with Crippen LogP contribution >= 0.6 is 0 Å². The Hall–Kier alpha value is -0.550. The lowest BCUT2D eigenvalue weighted by Crippen LogP contribution is -2.47. The number of hydrogen-bond donors (Lipinski definition) is 1. The van der Waals surface area contributed by atoms with Gasteiger partial charge in [0, 0.05) is 0 Å². The smallest absolute Gasteiger partial charge is 0.107 e. The molecule has 2 nitrogen and oxygen atoms in total. The second kappa shape index (κ2) is 5.51. The van der Waals surface area contributed by atoms with Crippen LogP contribution in [-0.4, -0.2) is 12.1 Å². The predicted octanol–water partition coefficient (Wildman–Crippen LogP) is 3.09. The van der Waals surface area contributed by atoms with Crippen molar-refractivity contribution in [1.29, 1.82) is 5.26 Å². The van der Waals surface area contributed by atoms with Crippen LogP contribution in [-0.2, 0) is 0 Å². The Bertz CT molecular complexity index is 225. The molecule has 2 atom stereocenters. The number of rotatable bonds is 4. The van der Waals surface area contributed by atoms with E-state index in [9.17, 15) is 5.26 Å². The summed E-state index contributed by atoms with van der Waals surface area (Å²) in [6.07, 6.45) is 5.88. The molecule has 2 heteroatoms. The fourth-order valence-electron chi connectivity index (χ4n) is 2.90. The topological polar surface area (TPSA) is 35.8 Å². The van der Waals surface area contributed by atoms with Crippen molar-refractivity contribution in [2.24, 2.45) is 11.8 Å². The average Bonchev–Trinajstić information content (AvgIpc) is 2.17. The van der Waals surface area contributed by atoms with E-state index >= 15 is 0 Å². The Labute approximate surface area is 94.1 Å². The molecule has 1 fully saturated rings. The third-order valence-electron chi connectivity index (χ3n) is 3.39. The number of nitrogens with one attached hydrogen (secondary N) is 1. The van der Waals surface area contributed by atoms with Gasteiger partial charge in [0.15, 0.2) is 0 Å². The first-order chi connectivity index (χ1) is 7.12. The molecule has 1 rings (SSSR count). The van der Waals surface area contributed by atoms with Crippen LogP contribution in [0, 0.1) is 23.2 Å². The second-order valence-corrected chi connectivity index (χ2v) is 5.32. The van der Waals surface area contributed by atoms with Gasteiger partial charge in [0.25, 0.3) is 0 Å². The summed E-state index contributed by atoms with van der Waals surface area (Å²) in [4.78, 5) is 0. The molecule has 1 saturated carbocycles. The summed E-state index contributed by atoms with van der Waals surface area (Å²) >= 11 is 0. The minimum atomic E-state index is -0.216. The zero-order valence-electron chi connectivity index (χ0n) is 10.3. The van der Waals surface area contributed by atoms with Gasteiger partial charge in [-0.15, -0.1) is 0 Å². The molecule has 0 aromatic carbocycles. The van der Waals surface area contributed by atoms with E-state index in [2.05, 4.69) is 32.2 Å². The third-order valence-corrected chi connectivity index (χ3v) is 3.39. The van der Waals surface area contributed by atoms with Gasteiger partial charge in [0.05, 0.1) is 6.07 Å². The molecule has 0 spiro atoms. The lowest BCUT2D eigenvalue weighted by molar-refractivity contribution is 0.209. The molecule has 86 valence electrons. The SMILES string of the molecule is CCNC1(C#N)CCCC(CC(C)C)C1. The van der Waals surface area contributed by atoms with Gasteiger partial charge in [-0.25, -0.2) is 0 Å². The van der Waals surface area contributed by atoms with Gasteiger partial charge in [-0.05, 0) is 37.6 Å². The first-order valence-electron chi connectivity index (χ1n) is 6.28. The molecule has 1 N–H and O–H groups in total. The summed E-state index contributed by atoms with van der Waals surface area (Å²) in [7, 11) is 0. The van der Waals surface area contributed by atoms with E-state index in [4.69, 9.17) is 0 Å².